The summed E-state index contributed by atoms with van der Waals surface area (Å²) in [5.74, 6) is 0.855. The fourth-order valence-corrected chi connectivity index (χ4v) is 1.92. The lowest BCUT2D eigenvalue weighted by Gasteiger charge is -2.35. The molecule has 1 aliphatic heterocycles. The predicted molar refractivity (Wildman–Crippen MR) is 60.9 cm³/mol. The topological polar surface area (TPSA) is 40.5 Å². The standard InChI is InChI=1S/C11H20ClNO2/c1-11(2,8-12)10(15)13-5-3-9(7-14)4-6-13/h9,14H,3-8H2,1-2H3. The highest BCUT2D eigenvalue weighted by atomic mass is 35.5. The molecule has 0 saturated carbocycles. The molecule has 0 bridgehead atoms. The number of rotatable bonds is 3. The van der Waals surface area contributed by atoms with Gasteiger partial charge >= 0.3 is 0 Å². The maximum Gasteiger partial charge on any atom is 0.229 e. The van der Waals surface area contributed by atoms with E-state index in [2.05, 4.69) is 0 Å². The Hall–Kier alpha value is -0.280. The van der Waals surface area contributed by atoms with Crippen molar-refractivity contribution in [3.05, 3.63) is 0 Å². The molecular weight excluding hydrogens is 214 g/mol. The van der Waals surface area contributed by atoms with Gasteiger partial charge in [-0.25, -0.2) is 0 Å². The molecule has 0 aromatic carbocycles. The van der Waals surface area contributed by atoms with Crippen LogP contribution in [-0.2, 0) is 4.79 Å². The summed E-state index contributed by atoms with van der Waals surface area (Å²) in [6, 6.07) is 0. The Morgan fingerprint density at radius 1 is 1.47 bits per heavy atom. The smallest absolute Gasteiger partial charge is 0.229 e. The Kier molecular flexibility index (Phi) is 4.41. The lowest BCUT2D eigenvalue weighted by molar-refractivity contribution is -0.140. The van der Waals surface area contributed by atoms with Crippen LogP contribution < -0.4 is 0 Å². The SMILES string of the molecule is CC(C)(CCl)C(=O)N1CCC(CO)CC1. The van der Waals surface area contributed by atoms with Crippen LogP contribution in [0.2, 0.25) is 0 Å². The molecule has 0 aromatic heterocycles. The molecule has 1 rings (SSSR count). The number of carbonyl (C=O) groups is 1. The minimum Gasteiger partial charge on any atom is -0.396 e. The summed E-state index contributed by atoms with van der Waals surface area (Å²) in [7, 11) is 0. The third-order valence-corrected chi connectivity index (χ3v) is 3.74. The van der Waals surface area contributed by atoms with Crippen molar-refractivity contribution in [2.45, 2.75) is 26.7 Å². The van der Waals surface area contributed by atoms with Crippen LogP contribution in [0, 0.1) is 11.3 Å². The van der Waals surface area contributed by atoms with Crippen LogP contribution >= 0.6 is 11.6 Å². The van der Waals surface area contributed by atoms with E-state index in [1.807, 2.05) is 18.7 Å². The average Bonchev–Trinajstić information content (AvgIpc) is 2.28. The van der Waals surface area contributed by atoms with E-state index >= 15 is 0 Å². The zero-order valence-electron chi connectivity index (χ0n) is 9.50. The van der Waals surface area contributed by atoms with Crippen molar-refractivity contribution >= 4 is 17.5 Å². The van der Waals surface area contributed by atoms with Gasteiger partial charge in [0.25, 0.3) is 0 Å². The Bertz CT molecular complexity index is 223. The number of amides is 1. The van der Waals surface area contributed by atoms with Crippen molar-refractivity contribution in [2.75, 3.05) is 25.6 Å². The molecule has 0 radical (unpaired) electrons. The van der Waals surface area contributed by atoms with Gasteiger partial charge in [-0.2, -0.15) is 0 Å². The number of alkyl halides is 1. The molecule has 15 heavy (non-hydrogen) atoms. The molecule has 1 N–H and O–H groups in total. The zero-order valence-corrected chi connectivity index (χ0v) is 10.3. The van der Waals surface area contributed by atoms with Crippen LogP contribution in [0.1, 0.15) is 26.7 Å². The number of likely N-dealkylation sites (tertiary alicyclic amines) is 1. The molecule has 1 fully saturated rings. The fourth-order valence-electron chi connectivity index (χ4n) is 1.80. The molecule has 0 spiro atoms. The first-order valence-electron chi connectivity index (χ1n) is 5.47. The molecule has 4 heteroatoms. The molecule has 0 unspecified atom stereocenters. The second-order valence-electron chi connectivity index (χ2n) is 4.94. The van der Waals surface area contributed by atoms with Crippen LogP contribution in [0.15, 0.2) is 0 Å². The summed E-state index contributed by atoms with van der Waals surface area (Å²) in [5, 5.41) is 9.00. The number of aliphatic hydroxyl groups is 1. The monoisotopic (exact) mass is 233 g/mol. The lowest BCUT2D eigenvalue weighted by Crippen LogP contribution is -2.46. The number of halogens is 1. The van der Waals surface area contributed by atoms with Crippen LogP contribution in [0.3, 0.4) is 0 Å². The van der Waals surface area contributed by atoms with Crippen molar-refractivity contribution in [3.8, 4) is 0 Å². The highest BCUT2D eigenvalue weighted by Crippen LogP contribution is 2.24. The second-order valence-corrected chi connectivity index (χ2v) is 5.20. The third kappa shape index (κ3) is 3.08. The molecule has 1 heterocycles. The van der Waals surface area contributed by atoms with Gasteiger partial charge in [0, 0.05) is 25.6 Å². The summed E-state index contributed by atoms with van der Waals surface area (Å²) in [6.07, 6.45) is 1.81. The van der Waals surface area contributed by atoms with Crippen molar-refractivity contribution in [2.24, 2.45) is 11.3 Å². The van der Waals surface area contributed by atoms with E-state index in [9.17, 15) is 4.79 Å². The molecule has 0 aliphatic carbocycles. The fraction of sp³-hybridized carbons (Fsp3) is 0.909. The van der Waals surface area contributed by atoms with E-state index in [4.69, 9.17) is 16.7 Å². The summed E-state index contributed by atoms with van der Waals surface area (Å²) in [4.78, 5) is 13.9. The molecular formula is C11H20ClNO2. The Balaban J connectivity index is 2.50. The van der Waals surface area contributed by atoms with Gasteiger partial charge in [-0.05, 0) is 32.6 Å². The van der Waals surface area contributed by atoms with E-state index in [0.29, 0.717) is 11.8 Å². The normalized spacial score (nSPS) is 19.3. The molecule has 1 aliphatic rings. The maximum absolute atomic E-state index is 12.0. The predicted octanol–water partition coefficient (Wildman–Crippen LogP) is 1.48. The second kappa shape index (κ2) is 5.17. The molecule has 0 atom stereocenters. The van der Waals surface area contributed by atoms with Crippen molar-refractivity contribution < 1.29 is 9.90 Å². The largest absolute Gasteiger partial charge is 0.396 e. The first kappa shape index (κ1) is 12.8. The molecule has 1 saturated heterocycles. The first-order valence-corrected chi connectivity index (χ1v) is 6.01. The van der Waals surface area contributed by atoms with Crippen LogP contribution in [0.4, 0.5) is 0 Å². The molecule has 0 aromatic rings. The summed E-state index contributed by atoms with van der Waals surface area (Å²) in [6.45, 7) is 5.50. The van der Waals surface area contributed by atoms with Gasteiger partial charge in [-0.3, -0.25) is 4.79 Å². The van der Waals surface area contributed by atoms with Gasteiger partial charge in [-0.15, -0.1) is 11.6 Å². The number of hydrogen-bond donors (Lipinski definition) is 1. The summed E-state index contributed by atoms with van der Waals surface area (Å²) >= 11 is 5.78. The van der Waals surface area contributed by atoms with Gasteiger partial charge in [0.05, 0.1) is 5.41 Å². The van der Waals surface area contributed by atoms with Crippen LogP contribution in [0.5, 0.6) is 0 Å². The van der Waals surface area contributed by atoms with E-state index in [1.54, 1.807) is 0 Å². The van der Waals surface area contributed by atoms with Gasteiger partial charge in [0.1, 0.15) is 0 Å². The Labute approximate surface area is 96.4 Å². The highest BCUT2D eigenvalue weighted by molar-refractivity contribution is 6.19. The van der Waals surface area contributed by atoms with Crippen LogP contribution in [0.25, 0.3) is 0 Å². The van der Waals surface area contributed by atoms with Gasteiger partial charge < -0.3 is 10.0 Å². The maximum atomic E-state index is 12.0. The minimum absolute atomic E-state index is 0.133. The van der Waals surface area contributed by atoms with Crippen molar-refractivity contribution in [3.63, 3.8) is 0 Å². The van der Waals surface area contributed by atoms with E-state index in [-0.39, 0.29) is 12.5 Å². The van der Waals surface area contributed by atoms with Crippen molar-refractivity contribution in [1.29, 1.82) is 0 Å². The van der Waals surface area contributed by atoms with Gasteiger partial charge in [0.15, 0.2) is 0 Å². The number of carbonyl (C=O) groups excluding carboxylic acids is 1. The van der Waals surface area contributed by atoms with Crippen LogP contribution in [-0.4, -0.2) is 41.5 Å². The third-order valence-electron chi connectivity index (χ3n) is 3.07. The molecule has 1 amide bonds. The quantitative estimate of drug-likeness (QED) is 0.751. The average molecular weight is 234 g/mol. The van der Waals surface area contributed by atoms with Crippen molar-refractivity contribution in [1.82, 2.24) is 4.90 Å². The van der Waals surface area contributed by atoms with Gasteiger partial charge in [-0.1, -0.05) is 0 Å². The summed E-state index contributed by atoms with van der Waals surface area (Å²) in [5.41, 5.74) is -0.465. The Morgan fingerprint density at radius 3 is 2.40 bits per heavy atom. The van der Waals surface area contributed by atoms with Gasteiger partial charge in [0.2, 0.25) is 5.91 Å². The van der Waals surface area contributed by atoms with E-state index in [0.717, 1.165) is 25.9 Å². The number of aliphatic hydroxyl groups excluding tert-OH is 1. The number of hydrogen-bond acceptors (Lipinski definition) is 2. The highest BCUT2D eigenvalue weighted by Gasteiger charge is 2.33. The number of piperidine rings is 1. The summed E-state index contributed by atoms with van der Waals surface area (Å²) < 4.78 is 0. The number of nitrogens with zero attached hydrogens (tertiary/aromatic N) is 1. The van der Waals surface area contributed by atoms with E-state index < -0.39 is 5.41 Å². The minimum atomic E-state index is -0.465. The zero-order chi connectivity index (χ0) is 11.5. The Morgan fingerprint density at radius 2 is 2.00 bits per heavy atom. The first-order chi connectivity index (χ1) is 7.01. The van der Waals surface area contributed by atoms with E-state index in [1.165, 1.54) is 0 Å². The lowest BCUT2D eigenvalue weighted by atomic mass is 9.91. The molecule has 88 valence electrons. The molecule has 3 nitrogen and oxygen atoms in total.